The lowest BCUT2D eigenvalue weighted by molar-refractivity contribution is 0.0367. The van der Waals surface area contributed by atoms with Crippen LogP contribution in [-0.2, 0) is 4.74 Å². The Kier molecular flexibility index (Phi) is 2.94. The SMILES string of the molecule is CC[C@H]1O[C@@H](Cl)C(F)(CF)[C@H]1C. The Balaban J connectivity index is 2.76. The first-order valence-corrected chi connectivity index (χ1v) is 4.54. The van der Waals surface area contributed by atoms with Crippen LogP contribution < -0.4 is 0 Å². The smallest absolute Gasteiger partial charge is 0.183 e. The van der Waals surface area contributed by atoms with Gasteiger partial charge in [0.2, 0.25) is 0 Å². The van der Waals surface area contributed by atoms with E-state index in [0.29, 0.717) is 6.42 Å². The molecule has 1 heterocycles. The molecule has 0 radical (unpaired) electrons. The summed E-state index contributed by atoms with van der Waals surface area (Å²) in [6.45, 7) is 2.43. The molecule has 0 aliphatic carbocycles. The number of hydrogen-bond donors (Lipinski definition) is 0. The average molecular weight is 199 g/mol. The van der Waals surface area contributed by atoms with Gasteiger partial charge in [-0.15, -0.1) is 0 Å². The molecule has 1 aliphatic heterocycles. The maximum atomic E-state index is 13.6. The minimum Gasteiger partial charge on any atom is -0.355 e. The van der Waals surface area contributed by atoms with Gasteiger partial charge in [0.1, 0.15) is 6.67 Å². The molecule has 0 aromatic carbocycles. The van der Waals surface area contributed by atoms with Crippen molar-refractivity contribution in [2.45, 2.75) is 37.6 Å². The summed E-state index contributed by atoms with van der Waals surface area (Å²) < 4.78 is 31.1. The van der Waals surface area contributed by atoms with Crippen molar-refractivity contribution >= 4 is 11.6 Å². The Labute approximate surface area is 76.0 Å². The standard InChI is InChI=1S/C8H13ClF2O/c1-3-6-5(2)8(11,4-10)7(9)12-6/h5-7H,3-4H2,1-2H3/t5-,6+,7+,8?/m0/s1. The highest BCUT2D eigenvalue weighted by molar-refractivity contribution is 6.20. The summed E-state index contributed by atoms with van der Waals surface area (Å²) in [4.78, 5) is 0. The van der Waals surface area contributed by atoms with Crippen LogP contribution in [0.4, 0.5) is 8.78 Å². The van der Waals surface area contributed by atoms with E-state index >= 15 is 0 Å². The normalized spacial score (nSPS) is 48.2. The highest BCUT2D eigenvalue weighted by atomic mass is 35.5. The number of hydrogen-bond acceptors (Lipinski definition) is 1. The molecule has 0 aromatic heterocycles. The van der Waals surface area contributed by atoms with Gasteiger partial charge in [0.05, 0.1) is 6.10 Å². The average Bonchev–Trinajstić information content (AvgIpc) is 2.30. The lowest BCUT2D eigenvalue weighted by Crippen LogP contribution is -2.38. The zero-order chi connectivity index (χ0) is 9.35. The molecule has 0 saturated carbocycles. The van der Waals surface area contributed by atoms with Crippen LogP contribution >= 0.6 is 11.6 Å². The van der Waals surface area contributed by atoms with Gasteiger partial charge >= 0.3 is 0 Å². The van der Waals surface area contributed by atoms with Gasteiger partial charge in [-0.3, -0.25) is 0 Å². The number of alkyl halides is 3. The first kappa shape index (κ1) is 10.2. The highest BCUT2D eigenvalue weighted by Gasteiger charge is 2.54. The Bertz CT molecular complexity index is 167. The van der Waals surface area contributed by atoms with Crippen LogP contribution in [0, 0.1) is 5.92 Å². The van der Waals surface area contributed by atoms with Crippen molar-refractivity contribution in [3.05, 3.63) is 0 Å². The molecule has 0 bridgehead atoms. The Morgan fingerprint density at radius 3 is 2.42 bits per heavy atom. The number of ether oxygens (including phenoxy) is 1. The van der Waals surface area contributed by atoms with Crippen LogP contribution in [0.15, 0.2) is 0 Å². The van der Waals surface area contributed by atoms with Crippen molar-refractivity contribution in [3.63, 3.8) is 0 Å². The first-order valence-electron chi connectivity index (χ1n) is 4.10. The molecule has 0 aromatic rings. The molecule has 0 amide bonds. The van der Waals surface area contributed by atoms with E-state index in [0.717, 1.165) is 0 Å². The fraction of sp³-hybridized carbons (Fsp3) is 1.00. The highest BCUT2D eigenvalue weighted by Crippen LogP contribution is 2.42. The Hall–Kier alpha value is 0.110. The van der Waals surface area contributed by atoms with E-state index in [-0.39, 0.29) is 6.10 Å². The molecule has 4 atom stereocenters. The summed E-state index contributed by atoms with van der Waals surface area (Å²) >= 11 is 5.55. The van der Waals surface area contributed by atoms with Gasteiger partial charge in [0.15, 0.2) is 11.2 Å². The second-order valence-corrected chi connectivity index (χ2v) is 3.64. The zero-order valence-corrected chi connectivity index (χ0v) is 7.94. The molecular weight excluding hydrogens is 186 g/mol. The minimum atomic E-state index is -2.00. The first-order chi connectivity index (χ1) is 5.56. The Morgan fingerprint density at radius 2 is 2.17 bits per heavy atom. The molecule has 1 fully saturated rings. The van der Waals surface area contributed by atoms with Crippen LogP contribution in [0.5, 0.6) is 0 Å². The van der Waals surface area contributed by atoms with E-state index in [9.17, 15) is 8.78 Å². The molecule has 72 valence electrons. The van der Waals surface area contributed by atoms with Crippen molar-refractivity contribution < 1.29 is 13.5 Å². The summed E-state index contributed by atoms with van der Waals surface area (Å²) in [5.41, 5.74) is -3.13. The van der Waals surface area contributed by atoms with Crippen LogP contribution in [0.1, 0.15) is 20.3 Å². The van der Waals surface area contributed by atoms with E-state index < -0.39 is 23.8 Å². The fourth-order valence-corrected chi connectivity index (χ4v) is 1.92. The third kappa shape index (κ3) is 1.33. The number of halogens is 3. The topological polar surface area (TPSA) is 9.23 Å². The molecule has 1 nitrogen and oxygen atoms in total. The van der Waals surface area contributed by atoms with Crippen molar-refractivity contribution in [2.24, 2.45) is 5.92 Å². The molecule has 1 unspecified atom stereocenters. The minimum absolute atomic E-state index is 0.256. The second kappa shape index (κ2) is 3.46. The largest absolute Gasteiger partial charge is 0.355 e. The van der Waals surface area contributed by atoms with Crippen LogP contribution in [0.25, 0.3) is 0 Å². The molecule has 0 spiro atoms. The summed E-state index contributed by atoms with van der Waals surface area (Å²) in [7, 11) is 0. The Morgan fingerprint density at radius 1 is 1.58 bits per heavy atom. The van der Waals surface area contributed by atoms with Gasteiger partial charge in [-0.05, 0) is 6.42 Å². The molecular formula is C8H13ClF2O. The summed E-state index contributed by atoms with van der Waals surface area (Å²) in [5, 5.41) is 0. The van der Waals surface area contributed by atoms with Crippen molar-refractivity contribution in [1.29, 1.82) is 0 Å². The van der Waals surface area contributed by atoms with Crippen LogP contribution in [0.2, 0.25) is 0 Å². The summed E-state index contributed by atoms with van der Waals surface area (Å²) in [5.74, 6) is -0.463. The maximum absolute atomic E-state index is 13.6. The maximum Gasteiger partial charge on any atom is 0.183 e. The van der Waals surface area contributed by atoms with E-state index in [1.807, 2.05) is 6.92 Å². The molecule has 4 heteroatoms. The lowest BCUT2D eigenvalue weighted by atomic mass is 9.90. The summed E-state index contributed by atoms with van der Waals surface area (Å²) in [6, 6.07) is 0. The summed E-state index contributed by atoms with van der Waals surface area (Å²) in [6.07, 6.45) is 0.407. The predicted octanol–water partition coefficient (Wildman–Crippen LogP) is 2.67. The molecule has 1 rings (SSSR count). The van der Waals surface area contributed by atoms with Crippen molar-refractivity contribution in [3.8, 4) is 0 Å². The number of rotatable bonds is 2. The van der Waals surface area contributed by atoms with Crippen LogP contribution in [0.3, 0.4) is 0 Å². The molecule has 0 N–H and O–H groups in total. The predicted molar refractivity (Wildman–Crippen MR) is 43.8 cm³/mol. The van der Waals surface area contributed by atoms with E-state index in [1.165, 1.54) is 0 Å². The molecule has 1 saturated heterocycles. The van der Waals surface area contributed by atoms with Gasteiger partial charge in [0.25, 0.3) is 0 Å². The van der Waals surface area contributed by atoms with E-state index in [2.05, 4.69) is 0 Å². The lowest BCUT2D eigenvalue weighted by Gasteiger charge is -2.22. The van der Waals surface area contributed by atoms with Gasteiger partial charge in [-0.1, -0.05) is 25.4 Å². The quantitative estimate of drug-likeness (QED) is 0.620. The second-order valence-electron chi connectivity index (χ2n) is 3.25. The van der Waals surface area contributed by atoms with Gasteiger partial charge in [-0.25, -0.2) is 8.78 Å². The van der Waals surface area contributed by atoms with Crippen molar-refractivity contribution in [2.75, 3.05) is 6.67 Å². The van der Waals surface area contributed by atoms with E-state index in [1.54, 1.807) is 6.92 Å². The van der Waals surface area contributed by atoms with Gasteiger partial charge < -0.3 is 4.74 Å². The van der Waals surface area contributed by atoms with E-state index in [4.69, 9.17) is 16.3 Å². The van der Waals surface area contributed by atoms with Crippen molar-refractivity contribution in [1.82, 2.24) is 0 Å². The van der Waals surface area contributed by atoms with Gasteiger partial charge in [-0.2, -0.15) is 0 Å². The molecule has 1 aliphatic rings. The van der Waals surface area contributed by atoms with Crippen LogP contribution in [-0.4, -0.2) is 24.0 Å². The third-order valence-corrected chi connectivity index (χ3v) is 3.06. The third-order valence-electron chi connectivity index (χ3n) is 2.59. The zero-order valence-electron chi connectivity index (χ0n) is 7.19. The fourth-order valence-electron chi connectivity index (χ4n) is 1.53. The molecule has 12 heavy (non-hydrogen) atoms. The van der Waals surface area contributed by atoms with Gasteiger partial charge in [0, 0.05) is 5.92 Å². The monoisotopic (exact) mass is 198 g/mol.